The van der Waals surface area contributed by atoms with Gasteiger partial charge < -0.3 is 14.6 Å². The van der Waals surface area contributed by atoms with Crippen molar-refractivity contribution < 1.29 is 19.4 Å². The molecule has 1 N–H and O–H groups in total. The van der Waals surface area contributed by atoms with Crippen molar-refractivity contribution in [1.29, 1.82) is 0 Å². The fraction of sp³-hybridized carbons (Fsp3) is 0.409. The van der Waals surface area contributed by atoms with Gasteiger partial charge in [-0.15, -0.1) is 0 Å². The lowest BCUT2D eigenvalue weighted by Gasteiger charge is -2.29. The van der Waals surface area contributed by atoms with Gasteiger partial charge in [0.2, 0.25) is 0 Å². The molecule has 136 valence electrons. The zero-order valence-electron chi connectivity index (χ0n) is 14.8. The van der Waals surface area contributed by atoms with Crippen molar-refractivity contribution in [3.05, 3.63) is 59.7 Å². The Bertz CT molecular complexity index is 763. The number of aliphatic carboxylic acids is 1. The highest BCUT2D eigenvalue weighted by Crippen LogP contribution is 2.37. The Hall–Kier alpha value is -2.49. The normalized spacial score (nSPS) is 25.0. The van der Waals surface area contributed by atoms with Gasteiger partial charge >= 0.3 is 5.97 Å². The first-order valence-electron chi connectivity index (χ1n) is 9.43. The molecule has 4 nitrogen and oxygen atoms in total. The van der Waals surface area contributed by atoms with Crippen LogP contribution in [0, 0.1) is 5.92 Å². The molecule has 1 unspecified atom stereocenters. The maximum absolute atomic E-state index is 11.1. The number of carboxylic acids is 1. The lowest BCUT2D eigenvalue weighted by atomic mass is 9.87. The number of carbonyl (C=O) groups is 1. The maximum Gasteiger partial charge on any atom is 0.306 e. The van der Waals surface area contributed by atoms with Crippen LogP contribution in [0.2, 0.25) is 0 Å². The van der Waals surface area contributed by atoms with Crippen LogP contribution < -0.4 is 9.47 Å². The molecule has 2 aromatic rings. The van der Waals surface area contributed by atoms with Crippen LogP contribution in [0.1, 0.15) is 49.3 Å². The molecule has 2 aliphatic rings. The van der Waals surface area contributed by atoms with E-state index >= 15 is 0 Å². The van der Waals surface area contributed by atoms with Gasteiger partial charge in [-0.1, -0.05) is 30.3 Å². The van der Waals surface area contributed by atoms with Crippen molar-refractivity contribution in [2.45, 2.75) is 50.7 Å². The van der Waals surface area contributed by atoms with Gasteiger partial charge in [0.05, 0.1) is 12.0 Å². The predicted octanol–water partition coefficient (Wildman–Crippen LogP) is 4.78. The summed E-state index contributed by atoms with van der Waals surface area (Å²) in [5, 5.41) is 9.10. The van der Waals surface area contributed by atoms with Gasteiger partial charge in [-0.05, 0) is 67.9 Å². The smallest absolute Gasteiger partial charge is 0.306 e. The van der Waals surface area contributed by atoms with Crippen LogP contribution in [0.25, 0.3) is 0 Å². The maximum atomic E-state index is 11.1. The average Bonchev–Trinajstić information content (AvgIpc) is 2.69. The second kappa shape index (κ2) is 7.40. The molecule has 1 aliphatic carbocycles. The summed E-state index contributed by atoms with van der Waals surface area (Å²) in [7, 11) is 0. The number of benzene rings is 2. The average molecular weight is 352 g/mol. The minimum absolute atomic E-state index is 0.113. The highest BCUT2D eigenvalue weighted by molar-refractivity contribution is 5.70. The first-order valence-corrected chi connectivity index (χ1v) is 9.43. The third-order valence-corrected chi connectivity index (χ3v) is 5.47. The molecule has 0 spiro atoms. The molecule has 4 rings (SSSR count). The van der Waals surface area contributed by atoms with Crippen molar-refractivity contribution in [2.75, 3.05) is 0 Å². The van der Waals surface area contributed by atoms with Crippen LogP contribution in [0.4, 0.5) is 0 Å². The van der Waals surface area contributed by atoms with E-state index < -0.39 is 5.97 Å². The Morgan fingerprint density at radius 2 is 1.77 bits per heavy atom. The van der Waals surface area contributed by atoms with E-state index in [9.17, 15) is 4.79 Å². The standard InChI is InChI=1S/C22H24O4/c23-22(24)16-6-9-18(10-7-16)25-19-11-13-21-17(14-19)8-12-20(26-21)15-4-2-1-3-5-15/h1-5,11,13-14,16,18,20H,6-10,12H2,(H,23,24). The van der Waals surface area contributed by atoms with Crippen molar-refractivity contribution in [3.8, 4) is 11.5 Å². The number of fused-ring (bicyclic) bond motifs is 1. The molecule has 1 atom stereocenters. The van der Waals surface area contributed by atoms with Crippen molar-refractivity contribution in [2.24, 2.45) is 5.92 Å². The van der Waals surface area contributed by atoms with Crippen LogP contribution in [-0.4, -0.2) is 17.2 Å². The van der Waals surface area contributed by atoms with Gasteiger partial charge in [-0.3, -0.25) is 4.79 Å². The highest BCUT2D eigenvalue weighted by Gasteiger charge is 2.27. The molecular formula is C22H24O4. The Kier molecular flexibility index (Phi) is 4.83. The van der Waals surface area contributed by atoms with E-state index in [4.69, 9.17) is 14.6 Å². The molecular weight excluding hydrogens is 328 g/mol. The van der Waals surface area contributed by atoms with Crippen LogP contribution in [0.3, 0.4) is 0 Å². The van der Waals surface area contributed by atoms with Gasteiger partial charge in [0.25, 0.3) is 0 Å². The Balaban J connectivity index is 1.39. The molecule has 0 bridgehead atoms. The first-order chi connectivity index (χ1) is 12.7. The van der Waals surface area contributed by atoms with Crippen LogP contribution in [0.5, 0.6) is 11.5 Å². The molecule has 4 heteroatoms. The number of hydrogen-bond acceptors (Lipinski definition) is 3. The van der Waals surface area contributed by atoms with Crippen LogP contribution in [-0.2, 0) is 11.2 Å². The summed E-state index contributed by atoms with van der Waals surface area (Å²) < 4.78 is 12.3. The molecule has 0 saturated heterocycles. The lowest BCUT2D eigenvalue weighted by molar-refractivity contribution is -0.143. The lowest BCUT2D eigenvalue weighted by Crippen LogP contribution is -2.27. The van der Waals surface area contributed by atoms with E-state index in [2.05, 4.69) is 18.2 Å². The fourth-order valence-corrected chi connectivity index (χ4v) is 3.96. The highest BCUT2D eigenvalue weighted by atomic mass is 16.5. The van der Waals surface area contributed by atoms with E-state index in [0.717, 1.165) is 37.2 Å². The predicted molar refractivity (Wildman–Crippen MR) is 98.6 cm³/mol. The Morgan fingerprint density at radius 3 is 2.50 bits per heavy atom. The van der Waals surface area contributed by atoms with E-state index in [0.29, 0.717) is 12.8 Å². The van der Waals surface area contributed by atoms with Gasteiger partial charge in [0.1, 0.15) is 17.6 Å². The Morgan fingerprint density at radius 1 is 1.00 bits per heavy atom. The Labute approximate surface area is 153 Å². The summed E-state index contributed by atoms with van der Waals surface area (Å²) in [4.78, 5) is 11.1. The first kappa shape index (κ1) is 17.0. The fourth-order valence-electron chi connectivity index (χ4n) is 3.96. The third kappa shape index (κ3) is 3.69. The topological polar surface area (TPSA) is 55.8 Å². The zero-order chi connectivity index (χ0) is 17.9. The third-order valence-electron chi connectivity index (χ3n) is 5.47. The second-order valence-corrected chi connectivity index (χ2v) is 7.26. The second-order valence-electron chi connectivity index (χ2n) is 7.26. The molecule has 0 aromatic heterocycles. The van der Waals surface area contributed by atoms with Crippen molar-refractivity contribution in [1.82, 2.24) is 0 Å². The minimum atomic E-state index is -0.678. The van der Waals surface area contributed by atoms with Gasteiger partial charge in [-0.25, -0.2) is 0 Å². The number of rotatable bonds is 4. The molecule has 26 heavy (non-hydrogen) atoms. The summed E-state index contributed by atoms with van der Waals surface area (Å²) >= 11 is 0. The molecule has 1 aliphatic heterocycles. The van der Waals surface area contributed by atoms with Crippen molar-refractivity contribution in [3.63, 3.8) is 0 Å². The molecule has 1 heterocycles. The van der Waals surface area contributed by atoms with Crippen LogP contribution >= 0.6 is 0 Å². The SMILES string of the molecule is O=C(O)C1CCC(Oc2ccc3c(c2)CCC(c2ccccc2)O3)CC1. The molecule has 1 saturated carbocycles. The van der Waals surface area contributed by atoms with Crippen LogP contribution in [0.15, 0.2) is 48.5 Å². The molecule has 1 fully saturated rings. The quantitative estimate of drug-likeness (QED) is 0.861. The summed E-state index contributed by atoms with van der Waals surface area (Å²) in [5.41, 5.74) is 2.41. The summed E-state index contributed by atoms with van der Waals surface area (Å²) in [6.45, 7) is 0. The minimum Gasteiger partial charge on any atom is -0.490 e. The largest absolute Gasteiger partial charge is 0.490 e. The molecule has 0 radical (unpaired) electrons. The monoisotopic (exact) mass is 352 g/mol. The van der Waals surface area contributed by atoms with Gasteiger partial charge in [0.15, 0.2) is 0 Å². The van der Waals surface area contributed by atoms with E-state index in [-0.39, 0.29) is 18.1 Å². The van der Waals surface area contributed by atoms with E-state index in [1.165, 1.54) is 11.1 Å². The summed E-state index contributed by atoms with van der Waals surface area (Å²) in [5.74, 6) is 0.917. The number of ether oxygens (including phenoxy) is 2. The van der Waals surface area contributed by atoms with Gasteiger partial charge in [0, 0.05) is 0 Å². The van der Waals surface area contributed by atoms with Gasteiger partial charge in [-0.2, -0.15) is 0 Å². The van der Waals surface area contributed by atoms with Crippen molar-refractivity contribution >= 4 is 5.97 Å². The number of carboxylic acid groups (broad SMARTS) is 1. The summed E-state index contributed by atoms with van der Waals surface area (Å²) in [6, 6.07) is 16.4. The van der Waals surface area contributed by atoms with E-state index in [1.807, 2.05) is 30.3 Å². The number of hydrogen-bond donors (Lipinski definition) is 1. The molecule has 0 amide bonds. The summed E-state index contributed by atoms with van der Waals surface area (Å²) in [6.07, 6.45) is 5.18. The number of aryl methyl sites for hydroxylation is 1. The zero-order valence-corrected chi connectivity index (χ0v) is 14.8. The van der Waals surface area contributed by atoms with E-state index in [1.54, 1.807) is 0 Å². The molecule has 2 aromatic carbocycles.